The summed E-state index contributed by atoms with van der Waals surface area (Å²) < 4.78 is 50.8. The highest BCUT2D eigenvalue weighted by Crippen LogP contribution is 2.45. The standard InChI is InChI=1S/C33H41F3N4O8/c1-31(2,3)48-29(45)37-24-10-8-6-4-5-7-9-22-15-32(22,28(43)44)38-26(41)25-14-23(18-40(25)27(24)42)47-30(46)39-16-19-11-12-21(33(34,35)36)13-20(19)17-39/h7,9,11-13,22-25H,4-6,8,10,14-18H2,1-3H3,(H,37,45)(H,38,41)(H,43,44)/t22-,23-,24-,25+,32-/m1/s1. The Hall–Kier alpha value is -4.30. The molecule has 3 heterocycles. The number of allylic oxidation sites excluding steroid dienone is 1. The number of aliphatic carboxylic acids is 1. The Balaban J connectivity index is 1.36. The van der Waals surface area contributed by atoms with Crippen molar-refractivity contribution in [1.29, 1.82) is 0 Å². The lowest BCUT2D eigenvalue weighted by molar-refractivity contribution is -0.145. The molecule has 0 spiro atoms. The molecular formula is C33H41F3N4O8. The molecule has 4 aliphatic rings. The maximum absolute atomic E-state index is 14.1. The van der Waals surface area contributed by atoms with E-state index in [0.717, 1.165) is 25.0 Å². The Morgan fingerprint density at radius 2 is 1.79 bits per heavy atom. The van der Waals surface area contributed by atoms with Gasteiger partial charge in [-0.25, -0.2) is 14.4 Å². The molecule has 48 heavy (non-hydrogen) atoms. The number of carboxylic acid groups (broad SMARTS) is 1. The van der Waals surface area contributed by atoms with Crippen LogP contribution in [0.15, 0.2) is 30.4 Å². The molecule has 0 aromatic heterocycles. The molecule has 3 N–H and O–H groups in total. The number of fused-ring (bicyclic) bond motifs is 3. The summed E-state index contributed by atoms with van der Waals surface area (Å²) in [7, 11) is 0. The van der Waals surface area contributed by atoms with E-state index in [-0.39, 0.29) is 38.9 Å². The van der Waals surface area contributed by atoms with Crippen molar-refractivity contribution in [2.24, 2.45) is 5.92 Å². The second kappa shape index (κ2) is 13.3. The quantitative estimate of drug-likeness (QED) is 0.395. The summed E-state index contributed by atoms with van der Waals surface area (Å²) in [5.41, 5.74) is -2.34. The minimum atomic E-state index is -4.54. The van der Waals surface area contributed by atoms with Crippen LogP contribution in [0.5, 0.6) is 0 Å². The first-order valence-electron chi connectivity index (χ1n) is 16.1. The van der Waals surface area contributed by atoms with Crippen molar-refractivity contribution in [3.05, 3.63) is 47.0 Å². The van der Waals surface area contributed by atoms with Gasteiger partial charge in [0.05, 0.1) is 12.1 Å². The smallest absolute Gasteiger partial charge is 0.416 e. The number of halogens is 3. The largest absolute Gasteiger partial charge is 0.479 e. The first kappa shape index (κ1) is 35.0. The van der Waals surface area contributed by atoms with Gasteiger partial charge >= 0.3 is 24.3 Å². The van der Waals surface area contributed by atoms with Gasteiger partial charge in [0.25, 0.3) is 0 Å². The Kier molecular flexibility index (Phi) is 9.71. The molecule has 262 valence electrons. The number of carboxylic acids is 1. The molecule has 1 saturated heterocycles. The number of amides is 4. The number of hydrogen-bond donors (Lipinski definition) is 3. The summed E-state index contributed by atoms with van der Waals surface area (Å²) in [4.78, 5) is 68.5. The summed E-state index contributed by atoms with van der Waals surface area (Å²) in [6, 6.07) is 0.954. The highest BCUT2D eigenvalue weighted by atomic mass is 19.4. The van der Waals surface area contributed by atoms with Crippen molar-refractivity contribution in [2.75, 3.05) is 6.54 Å². The minimum absolute atomic E-state index is 0.0174. The number of ether oxygens (including phenoxy) is 2. The van der Waals surface area contributed by atoms with Crippen LogP contribution in [-0.4, -0.2) is 80.7 Å². The fourth-order valence-corrected chi connectivity index (χ4v) is 6.51. The maximum Gasteiger partial charge on any atom is 0.416 e. The van der Waals surface area contributed by atoms with Gasteiger partial charge in [0.1, 0.15) is 29.3 Å². The fraction of sp³-hybridized carbons (Fsp3) is 0.606. The Bertz CT molecular complexity index is 1490. The van der Waals surface area contributed by atoms with Crippen molar-refractivity contribution in [2.45, 2.75) is 114 Å². The molecule has 0 bridgehead atoms. The van der Waals surface area contributed by atoms with E-state index in [1.165, 1.54) is 15.9 Å². The van der Waals surface area contributed by atoms with Gasteiger partial charge in [-0.1, -0.05) is 31.1 Å². The number of alkyl carbamates (subject to hydrolysis) is 1. The molecule has 1 aliphatic carbocycles. The van der Waals surface area contributed by atoms with Gasteiger partial charge in [0, 0.05) is 25.4 Å². The van der Waals surface area contributed by atoms with E-state index in [2.05, 4.69) is 10.6 Å². The molecule has 12 nitrogen and oxygen atoms in total. The zero-order valence-corrected chi connectivity index (χ0v) is 27.1. The molecule has 1 aromatic carbocycles. The first-order valence-corrected chi connectivity index (χ1v) is 16.1. The van der Waals surface area contributed by atoms with E-state index in [1.54, 1.807) is 26.8 Å². The van der Waals surface area contributed by atoms with Crippen molar-refractivity contribution >= 4 is 30.0 Å². The number of rotatable bonds is 3. The summed E-state index contributed by atoms with van der Waals surface area (Å²) in [5, 5.41) is 15.3. The van der Waals surface area contributed by atoms with Gasteiger partial charge in [-0.3, -0.25) is 14.5 Å². The van der Waals surface area contributed by atoms with Crippen LogP contribution in [0.2, 0.25) is 0 Å². The van der Waals surface area contributed by atoms with E-state index in [0.29, 0.717) is 24.0 Å². The van der Waals surface area contributed by atoms with E-state index in [4.69, 9.17) is 9.47 Å². The number of carbonyl (C=O) groups is 5. The van der Waals surface area contributed by atoms with Crippen LogP contribution in [-0.2, 0) is 43.1 Å². The predicted octanol–water partition coefficient (Wildman–Crippen LogP) is 4.50. The van der Waals surface area contributed by atoms with E-state index >= 15 is 0 Å². The minimum Gasteiger partial charge on any atom is -0.479 e. The molecule has 0 unspecified atom stereocenters. The summed E-state index contributed by atoms with van der Waals surface area (Å²) in [6.07, 6.45) is -0.507. The monoisotopic (exact) mass is 678 g/mol. The SMILES string of the molecule is CC(C)(C)OC(=O)N[C@@H]1CCCCCC=C[C@@H]2C[C@@]2(C(=O)O)NC(=O)[C@@H]2C[C@@H](OC(=O)N3Cc4ccc(C(F)(F)F)cc4C3)CN2C1=O. The summed E-state index contributed by atoms with van der Waals surface area (Å²) in [5.74, 6) is -2.99. The van der Waals surface area contributed by atoms with Gasteiger partial charge < -0.3 is 30.1 Å². The molecule has 0 radical (unpaired) electrons. The van der Waals surface area contributed by atoms with E-state index in [9.17, 15) is 42.3 Å². The van der Waals surface area contributed by atoms with Gasteiger partial charge in [-0.05, 0) is 69.7 Å². The highest BCUT2D eigenvalue weighted by Gasteiger charge is 2.61. The van der Waals surface area contributed by atoms with Crippen molar-refractivity contribution in [1.82, 2.24) is 20.4 Å². The number of nitrogens with one attached hydrogen (secondary N) is 2. The summed E-state index contributed by atoms with van der Waals surface area (Å²) >= 11 is 0. The molecule has 1 aromatic rings. The third-order valence-corrected chi connectivity index (χ3v) is 9.09. The molecule has 3 aliphatic heterocycles. The van der Waals surface area contributed by atoms with Gasteiger partial charge in [0.2, 0.25) is 11.8 Å². The van der Waals surface area contributed by atoms with Gasteiger partial charge in [-0.15, -0.1) is 0 Å². The number of alkyl halides is 3. The zero-order valence-electron chi connectivity index (χ0n) is 27.1. The molecule has 15 heteroatoms. The van der Waals surface area contributed by atoms with Crippen LogP contribution >= 0.6 is 0 Å². The number of carbonyl (C=O) groups excluding carboxylic acids is 4. The zero-order chi connectivity index (χ0) is 35.0. The highest BCUT2D eigenvalue weighted by molar-refractivity contribution is 5.96. The third-order valence-electron chi connectivity index (χ3n) is 9.09. The Labute approximate surface area is 276 Å². The van der Waals surface area contributed by atoms with E-state index < -0.39 is 77.0 Å². The fourth-order valence-electron chi connectivity index (χ4n) is 6.51. The number of hydrogen-bond acceptors (Lipinski definition) is 7. The normalized spacial score (nSPS) is 27.9. The van der Waals surface area contributed by atoms with E-state index in [1.807, 2.05) is 6.08 Å². The van der Waals surface area contributed by atoms with Crippen molar-refractivity contribution in [3.63, 3.8) is 0 Å². The Morgan fingerprint density at radius 1 is 1.06 bits per heavy atom. The van der Waals surface area contributed by atoms with Crippen LogP contribution in [0.25, 0.3) is 0 Å². The second-order valence-corrected chi connectivity index (χ2v) is 13.9. The molecule has 1 saturated carbocycles. The predicted molar refractivity (Wildman–Crippen MR) is 163 cm³/mol. The van der Waals surface area contributed by atoms with Gasteiger partial charge in [-0.2, -0.15) is 13.2 Å². The molecule has 2 fully saturated rings. The number of nitrogens with zero attached hydrogens (tertiary/aromatic N) is 2. The Morgan fingerprint density at radius 3 is 2.48 bits per heavy atom. The molecule has 5 atom stereocenters. The van der Waals surface area contributed by atoms with Crippen LogP contribution in [0.3, 0.4) is 0 Å². The topological polar surface area (TPSA) is 155 Å². The lowest BCUT2D eigenvalue weighted by atomic mass is 10.0. The van der Waals surface area contributed by atoms with Crippen LogP contribution in [0.4, 0.5) is 22.8 Å². The first-order chi connectivity index (χ1) is 22.5. The van der Waals surface area contributed by atoms with Crippen LogP contribution in [0, 0.1) is 5.92 Å². The second-order valence-electron chi connectivity index (χ2n) is 13.9. The average Bonchev–Trinajstić information content (AvgIpc) is 3.30. The van der Waals surface area contributed by atoms with Crippen molar-refractivity contribution in [3.8, 4) is 0 Å². The van der Waals surface area contributed by atoms with Crippen LogP contribution in [0.1, 0.15) is 82.4 Å². The molecule has 4 amide bonds. The van der Waals surface area contributed by atoms with Gasteiger partial charge in [0.15, 0.2) is 0 Å². The van der Waals surface area contributed by atoms with Crippen LogP contribution < -0.4 is 10.6 Å². The summed E-state index contributed by atoms with van der Waals surface area (Å²) in [6.45, 7) is 4.71. The average molecular weight is 679 g/mol. The number of benzene rings is 1. The van der Waals surface area contributed by atoms with Crippen molar-refractivity contribution < 1.29 is 51.7 Å². The lowest BCUT2D eigenvalue weighted by Gasteiger charge is -2.30. The third kappa shape index (κ3) is 7.87. The lowest BCUT2D eigenvalue weighted by Crippen LogP contribution is -2.56. The maximum atomic E-state index is 14.1. The molecular weight excluding hydrogens is 637 g/mol. The molecule has 5 rings (SSSR count).